The van der Waals surface area contributed by atoms with Crippen molar-refractivity contribution in [3.05, 3.63) is 17.7 Å². The molecule has 1 aliphatic carbocycles. The number of nitrogens with one attached hydrogen (secondary N) is 1. The van der Waals surface area contributed by atoms with Crippen molar-refractivity contribution >= 4 is 5.91 Å². The Morgan fingerprint density at radius 3 is 2.40 bits per heavy atom. The van der Waals surface area contributed by atoms with Crippen LogP contribution < -0.4 is 19.5 Å². The average molecular weight is 418 g/mol. The maximum Gasteiger partial charge on any atom is 0.239 e. The van der Waals surface area contributed by atoms with Gasteiger partial charge in [-0.25, -0.2) is 0 Å². The standard InChI is InChI=1S/C23H35N3O4/c1-28-20-9-8-17(21(29-2)22(20)30-3)15-25-10-12-26(13-11-25)23(27)19-14-16-6-4-5-7-18(16)24-19/h8-9,16,18-19,24H,4-7,10-15H2,1-3H3/t16-,18-,19-/m0/s1. The molecule has 1 saturated carbocycles. The lowest BCUT2D eigenvalue weighted by atomic mass is 9.85. The summed E-state index contributed by atoms with van der Waals surface area (Å²) in [7, 11) is 4.91. The van der Waals surface area contributed by atoms with Gasteiger partial charge in [0.15, 0.2) is 11.5 Å². The van der Waals surface area contributed by atoms with Gasteiger partial charge in [-0.1, -0.05) is 18.9 Å². The zero-order valence-electron chi connectivity index (χ0n) is 18.5. The summed E-state index contributed by atoms with van der Waals surface area (Å²) in [6.45, 7) is 4.05. The van der Waals surface area contributed by atoms with Crippen LogP contribution in [0.2, 0.25) is 0 Å². The zero-order valence-corrected chi connectivity index (χ0v) is 18.5. The Hall–Kier alpha value is -1.99. The van der Waals surface area contributed by atoms with E-state index in [-0.39, 0.29) is 6.04 Å². The van der Waals surface area contributed by atoms with Crippen molar-refractivity contribution in [2.24, 2.45) is 5.92 Å². The van der Waals surface area contributed by atoms with Gasteiger partial charge in [0.1, 0.15) is 0 Å². The van der Waals surface area contributed by atoms with Crippen molar-refractivity contribution in [3.63, 3.8) is 0 Å². The first-order chi connectivity index (χ1) is 14.6. The second-order valence-corrected chi connectivity index (χ2v) is 8.70. The molecule has 0 spiro atoms. The van der Waals surface area contributed by atoms with E-state index < -0.39 is 0 Å². The molecule has 30 heavy (non-hydrogen) atoms. The van der Waals surface area contributed by atoms with Crippen molar-refractivity contribution < 1.29 is 19.0 Å². The van der Waals surface area contributed by atoms with E-state index in [2.05, 4.69) is 15.1 Å². The van der Waals surface area contributed by atoms with Crippen LogP contribution in [0.15, 0.2) is 12.1 Å². The molecule has 2 aliphatic heterocycles. The Kier molecular flexibility index (Phi) is 6.68. The number of benzene rings is 1. The number of ether oxygens (including phenoxy) is 3. The molecule has 0 unspecified atom stereocenters. The summed E-state index contributed by atoms with van der Waals surface area (Å²) in [5, 5.41) is 3.63. The molecule has 4 rings (SSSR count). The molecule has 7 heteroatoms. The number of hydrogen-bond donors (Lipinski definition) is 1. The van der Waals surface area contributed by atoms with Crippen LogP contribution in [0.5, 0.6) is 17.2 Å². The molecular formula is C23H35N3O4. The van der Waals surface area contributed by atoms with Gasteiger partial charge in [-0.15, -0.1) is 0 Å². The molecule has 7 nitrogen and oxygen atoms in total. The lowest BCUT2D eigenvalue weighted by Gasteiger charge is -2.36. The fourth-order valence-corrected chi connectivity index (χ4v) is 5.39. The highest BCUT2D eigenvalue weighted by molar-refractivity contribution is 5.82. The number of piperazine rings is 1. The van der Waals surface area contributed by atoms with Crippen LogP contribution in [-0.2, 0) is 11.3 Å². The van der Waals surface area contributed by atoms with Gasteiger partial charge in [-0.3, -0.25) is 9.69 Å². The number of hydrogen-bond acceptors (Lipinski definition) is 6. The first-order valence-corrected chi connectivity index (χ1v) is 11.2. The lowest BCUT2D eigenvalue weighted by molar-refractivity contribution is -0.135. The van der Waals surface area contributed by atoms with Crippen molar-refractivity contribution in [2.45, 2.75) is 50.7 Å². The minimum atomic E-state index is 0.0237. The van der Waals surface area contributed by atoms with Crippen LogP contribution in [0.25, 0.3) is 0 Å². The van der Waals surface area contributed by atoms with E-state index in [9.17, 15) is 4.79 Å². The summed E-state index contributed by atoms with van der Waals surface area (Å²) in [4.78, 5) is 17.5. The highest BCUT2D eigenvalue weighted by atomic mass is 16.5. The Balaban J connectivity index is 1.33. The normalized spacial score (nSPS) is 26.9. The number of nitrogens with zero attached hydrogens (tertiary/aromatic N) is 2. The minimum absolute atomic E-state index is 0.0237. The topological polar surface area (TPSA) is 63.3 Å². The third-order valence-electron chi connectivity index (χ3n) is 7.02. The van der Waals surface area contributed by atoms with Crippen LogP contribution in [0.3, 0.4) is 0 Å². The second kappa shape index (κ2) is 9.43. The van der Waals surface area contributed by atoms with Gasteiger partial charge in [-0.2, -0.15) is 0 Å². The summed E-state index contributed by atoms with van der Waals surface area (Å²) in [6, 6.07) is 4.53. The average Bonchev–Trinajstić information content (AvgIpc) is 3.23. The molecule has 1 aromatic carbocycles. The summed E-state index contributed by atoms with van der Waals surface area (Å²) < 4.78 is 16.5. The third kappa shape index (κ3) is 4.23. The van der Waals surface area contributed by atoms with E-state index in [1.807, 2.05) is 12.1 Å². The van der Waals surface area contributed by atoms with Crippen molar-refractivity contribution in [1.82, 2.24) is 15.1 Å². The number of methoxy groups -OCH3 is 3. The van der Waals surface area contributed by atoms with Gasteiger partial charge in [0.05, 0.1) is 27.4 Å². The summed E-state index contributed by atoms with van der Waals surface area (Å²) in [6.07, 6.45) is 6.15. The van der Waals surface area contributed by atoms with E-state index in [4.69, 9.17) is 14.2 Å². The molecule has 0 radical (unpaired) electrons. The Bertz CT molecular complexity index is 734. The molecule has 1 N–H and O–H groups in total. The quantitative estimate of drug-likeness (QED) is 0.766. The first kappa shape index (κ1) is 21.2. The van der Waals surface area contributed by atoms with E-state index in [1.54, 1.807) is 21.3 Å². The van der Waals surface area contributed by atoms with Crippen molar-refractivity contribution in [1.29, 1.82) is 0 Å². The van der Waals surface area contributed by atoms with Gasteiger partial charge < -0.3 is 24.4 Å². The molecule has 0 bridgehead atoms. The number of carbonyl (C=O) groups excluding carboxylic acids is 1. The minimum Gasteiger partial charge on any atom is -0.493 e. The van der Waals surface area contributed by atoms with Crippen LogP contribution in [0.1, 0.15) is 37.7 Å². The molecule has 3 atom stereocenters. The van der Waals surface area contributed by atoms with Crippen LogP contribution in [0.4, 0.5) is 0 Å². The van der Waals surface area contributed by atoms with Crippen LogP contribution >= 0.6 is 0 Å². The molecule has 3 fully saturated rings. The van der Waals surface area contributed by atoms with Gasteiger partial charge in [0.25, 0.3) is 0 Å². The van der Waals surface area contributed by atoms with E-state index >= 15 is 0 Å². The largest absolute Gasteiger partial charge is 0.493 e. The Morgan fingerprint density at radius 1 is 1.00 bits per heavy atom. The molecular weight excluding hydrogens is 382 g/mol. The number of fused-ring (bicyclic) bond motifs is 1. The summed E-state index contributed by atoms with van der Waals surface area (Å²) >= 11 is 0. The highest BCUT2D eigenvalue weighted by Gasteiger charge is 2.40. The van der Waals surface area contributed by atoms with Crippen molar-refractivity contribution in [3.8, 4) is 17.2 Å². The number of carbonyl (C=O) groups is 1. The monoisotopic (exact) mass is 417 g/mol. The molecule has 2 saturated heterocycles. The smallest absolute Gasteiger partial charge is 0.239 e. The predicted molar refractivity (Wildman–Crippen MR) is 115 cm³/mol. The van der Waals surface area contributed by atoms with Crippen molar-refractivity contribution in [2.75, 3.05) is 47.5 Å². The van der Waals surface area contributed by atoms with Gasteiger partial charge in [0, 0.05) is 44.3 Å². The van der Waals surface area contributed by atoms with E-state index in [1.165, 1.54) is 25.7 Å². The second-order valence-electron chi connectivity index (χ2n) is 8.70. The Labute approximate surface area is 179 Å². The van der Waals surface area contributed by atoms with Crippen LogP contribution in [0, 0.1) is 5.92 Å². The van der Waals surface area contributed by atoms with Gasteiger partial charge >= 0.3 is 0 Å². The van der Waals surface area contributed by atoms with Crippen LogP contribution in [-0.4, -0.2) is 75.3 Å². The molecule has 166 valence electrons. The van der Waals surface area contributed by atoms with E-state index in [0.29, 0.717) is 35.1 Å². The number of amides is 1. The molecule has 3 aliphatic rings. The molecule has 1 aromatic rings. The van der Waals surface area contributed by atoms with Gasteiger partial charge in [-0.05, 0) is 31.2 Å². The predicted octanol–water partition coefficient (Wildman–Crippen LogP) is 2.28. The molecule has 1 amide bonds. The molecule has 0 aromatic heterocycles. The first-order valence-electron chi connectivity index (χ1n) is 11.2. The fraction of sp³-hybridized carbons (Fsp3) is 0.696. The highest BCUT2D eigenvalue weighted by Crippen LogP contribution is 2.40. The lowest BCUT2D eigenvalue weighted by Crippen LogP contribution is -2.53. The SMILES string of the molecule is COc1ccc(CN2CCN(C(=O)[C@@H]3C[C@@H]4CCCC[C@@H]4N3)CC2)c(OC)c1OC. The maximum atomic E-state index is 13.1. The molecule has 2 heterocycles. The van der Waals surface area contributed by atoms with Gasteiger partial charge in [0.2, 0.25) is 11.7 Å². The fourth-order valence-electron chi connectivity index (χ4n) is 5.39. The third-order valence-corrected chi connectivity index (χ3v) is 7.02. The zero-order chi connectivity index (χ0) is 21.1. The number of rotatable bonds is 6. The summed E-state index contributed by atoms with van der Waals surface area (Å²) in [5.74, 6) is 3.01. The summed E-state index contributed by atoms with van der Waals surface area (Å²) in [5.41, 5.74) is 1.07. The maximum absolute atomic E-state index is 13.1. The Morgan fingerprint density at radius 2 is 1.73 bits per heavy atom. The van der Waals surface area contributed by atoms with E-state index in [0.717, 1.165) is 44.7 Å².